The molecule has 0 heterocycles. The van der Waals surface area contributed by atoms with E-state index in [1.54, 1.807) is 0 Å². The van der Waals surface area contributed by atoms with Gasteiger partial charge in [-0.15, -0.1) is 0 Å². The topological polar surface area (TPSA) is 30.5 Å². The molecule has 0 spiro atoms. The number of rotatable bonds is 12. The summed E-state index contributed by atoms with van der Waals surface area (Å²) in [6.45, 7) is 10.4. The molecular formula is C24H35NO2. The average molecular weight is 370 g/mol. The normalized spacial score (nSPS) is 13.0. The third-order valence-corrected chi connectivity index (χ3v) is 4.95. The maximum absolute atomic E-state index is 6.36. The molecule has 0 amide bonds. The van der Waals surface area contributed by atoms with E-state index in [4.69, 9.17) is 9.47 Å². The Morgan fingerprint density at radius 2 is 1.78 bits per heavy atom. The van der Waals surface area contributed by atoms with E-state index in [0.717, 1.165) is 56.0 Å². The Labute approximate surface area is 165 Å². The molecule has 2 aromatic rings. The lowest BCUT2D eigenvalue weighted by Gasteiger charge is -2.22. The molecule has 3 heteroatoms. The number of ether oxygens (including phenoxy) is 2. The maximum Gasteiger partial charge on any atom is 0.123 e. The lowest BCUT2D eigenvalue weighted by molar-refractivity contribution is 0.207. The van der Waals surface area contributed by atoms with Crippen LogP contribution in [-0.2, 0) is 0 Å². The van der Waals surface area contributed by atoms with Crippen LogP contribution in [0.1, 0.15) is 64.9 Å². The number of hydrogen-bond donors (Lipinski definition) is 1. The van der Waals surface area contributed by atoms with Gasteiger partial charge in [0.05, 0.1) is 13.2 Å². The van der Waals surface area contributed by atoms with Crippen LogP contribution in [-0.4, -0.2) is 19.3 Å². The average Bonchev–Trinajstić information content (AvgIpc) is 2.71. The highest BCUT2D eigenvalue weighted by molar-refractivity contribution is 5.48. The Kier molecular flexibility index (Phi) is 9.03. The van der Waals surface area contributed by atoms with E-state index in [2.05, 4.69) is 69.4 Å². The largest absolute Gasteiger partial charge is 0.494 e. The number of anilines is 1. The molecule has 2 unspecified atom stereocenters. The molecule has 2 atom stereocenters. The fraction of sp³-hybridized carbons (Fsp3) is 0.500. The first-order chi connectivity index (χ1) is 13.2. The van der Waals surface area contributed by atoms with E-state index >= 15 is 0 Å². The highest BCUT2D eigenvalue weighted by Crippen LogP contribution is 2.29. The highest BCUT2D eigenvalue weighted by atomic mass is 16.5. The van der Waals surface area contributed by atoms with E-state index in [1.807, 2.05) is 12.1 Å². The first-order valence-electron chi connectivity index (χ1n) is 10.4. The lowest BCUT2D eigenvalue weighted by atomic mass is 9.98. The molecule has 1 N–H and O–H groups in total. The number of para-hydroxylation sites is 1. The van der Waals surface area contributed by atoms with Gasteiger partial charge in [0.15, 0.2) is 0 Å². The van der Waals surface area contributed by atoms with Crippen molar-refractivity contribution in [3.63, 3.8) is 0 Å². The van der Waals surface area contributed by atoms with Crippen LogP contribution in [0.25, 0.3) is 0 Å². The Hall–Kier alpha value is -2.16. The van der Waals surface area contributed by atoms with Gasteiger partial charge in [0.25, 0.3) is 0 Å². The Morgan fingerprint density at radius 1 is 0.963 bits per heavy atom. The minimum atomic E-state index is 0.125. The van der Waals surface area contributed by atoms with Crippen LogP contribution in [0, 0.1) is 0 Å². The van der Waals surface area contributed by atoms with Gasteiger partial charge in [0, 0.05) is 11.8 Å². The van der Waals surface area contributed by atoms with Crippen LogP contribution >= 0.6 is 0 Å². The second kappa shape index (κ2) is 11.5. The molecule has 0 aliphatic rings. The SMILES string of the molecule is CCCCOc1cccc(NCC(CC)Oc2ccccc2C(C)CC)c1. The fourth-order valence-electron chi connectivity index (χ4n) is 2.93. The van der Waals surface area contributed by atoms with Gasteiger partial charge in [-0.3, -0.25) is 0 Å². The Morgan fingerprint density at radius 3 is 2.52 bits per heavy atom. The van der Waals surface area contributed by atoms with Gasteiger partial charge in [0.2, 0.25) is 0 Å². The zero-order valence-corrected chi connectivity index (χ0v) is 17.3. The molecule has 148 valence electrons. The van der Waals surface area contributed by atoms with E-state index in [9.17, 15) is 0 Å². The number of hydrogen-bond acceptors (Lipinski definition) is 3. The summed E-state index contributed by atoms with van der Waals surface area (Å²) in [6, 6.07) is 16.6. The molecule has 2 rings (SSSR count). The molecule has 0 saturated carbocycles. The lowest BCUT2D eigenvalue weighted by Crippen LogP contribution is -2.26. The second-order valence-corrected chi connectivity index (χ2v) is 7.11. The zero-order valence-electron chi connectivity index (χ0n) is 17.3. The van der Waals surface area contributed by atoms with E-state index in [-0.39, 0.29) is 6.10 Å². The molecule has 0 aromatic heterocycles. The van der Waals surface area contributed by atoms with Crippen molar-refractivity contribution >= 4 is 5.69 Å². The van der Waals surface area contributed by atoms with Crippen molar-refractivity contribution in [3.05, 3.63) is 54.1 Å². The Balaban J connectivity index is 1.95. The summed E-state index contributed by atoms with van der Waals surface area (Å²) in [4.78, 5) is 0. The van der Waals surface area contributed by atoms with Crippen LogP contribution in [0.15, 0.2) is 48.5 Å². The van der Waals surface area contributed by atoms with E-state index in [1.165, 1.54) is 5.56 Å². The summed E-state index contributed by atoms with van der Waals surface area (Å²) in [7, 11) is 0. The van der Waals surface area contributed by atoms with Gasteiger partial charge in [-0.1, -0.05) is 58.4 Å². The molecule has 2 aromatic carbocycles. The molecule has 0 aliphatic carbocycles. The van der Waals surface area contributed by atoms with Crippen molar-refractivity contribution in [2.75, 3.05) is 18.5 Å². The summed E-state index contributed by atoms with van der Waals surface area (Å²) >= 11 is 0. The van der Waals surface area contributed by atoms with Crippen LogP contribution in [0.3, 0.4) is 0 Å². The predicted octanol–water partition coefficient (Wildman–Crippen LogP) is 6.65. The minimum Gasteiger partial charge on any atom is -0.494 e. The third kappa shape index (κ3) is 6.82. The van der Waals surface area contributed by atoms with Gasteiger partial charge in [-0.25, -0.2) is 0 Å². The van der Waals surface area contributed by atoms with Crippen molar-refractivity contribution < 1.29 is 9.47 Å². The number of benzene rings is 2. The minimum absolute atomic E-state index is 0.125. The molecular weight excluding hydrogens is 334 g/mol. The molecule has 0 fully saturated rings. The number of nitrogens with one attached hydrogen (secondary N) is 1. The van der Waals surface area contributed by atoms with E-state index < -0.39 is 0 Å². The van der Waals surface area contributed by atoms with Crippen molar-refractivity contribution in [3.8, 4) is 11.5 Å². The fourth-order valence-corrected chi connectivity index (χ4v) is 2.93. The van der Waals surface area contributed by atoms with Gasteiger partial charge in [0.1, 0.15) is 17.6 Å². The highest BCUT2D eigenvalue weighted by Gasteiger charge is 2.14. The Bertz CT molecular complexity index is 671. The summed E-state index contributed by atoms with van der Waals surface area (Å²) in [5, 5.41) is 3.50. The van der Waals surface area contributed by atoms with E-state index in [0.29, 0.717) is 5.92 Å². The number of unbranched alkanes of at least 4 members (excludes halogenated alkanes) is 1. The van der Waals surface area contributed by atoms with Gasteiger partial charge in [-0.05, 0) is 48.9 Å². The smallest absolute Gasteiger partial charge is 0.123 e. The molecule has 3 nitrogen and oxygen atoms in total. The molecule has 0 saturated heterocycles. The third-order valence-electron chi connectivity index (χ3n) is 4.95. The summed E-state index contributed by atoms with van der Waals surface area (Å²) in [5.74, 6) is 2.44. The van der Waals surface area contributed by atoms with Crippen molar-refractivity contribution in [2.45, 2.75) is 65.4 Å². The summed E-state index contributed by atoms with van der Waals surface area (Å²) in [5.41, 5.74) is 2.37. The van der Waals surface area contributed by atoms with Crippen LogP contribution < -0.4 is 14.8 Å². The van der Waals surface area contributed by atoms with Crippen molar-refractivity contribution in [2.24, 2.45) is 0 Å². The molecule has 27 heavy (non-hydrogen) atoms. The van der Waals surface area contributed by atoms with Crippen LogP contribution in [0.2, 0.25) is 0 Å². The summed E-state index contributed by atoms with van der Waals surface area (Å²) in [6.07, 6.45) is 4.42. The predicted molar refractivity (Wildman–Crippen MR) is 115 cm³/mol. The van der Waals surface area contributed by atoms with Crippen LogP contribution in [0.5, 0.6) is 11.5 Å². The first kappa shape index (κ1) is 21.1. The van der Waals surface area contributed by atoms with Crippen molar-refractivity contribution in [1.29, 1.82) is 0 Å². The standard InChI is InChI=1S/C24H35NO2/c1-5-8-16-26-22-13-11-12-20(17-22)25-18-21(7-3)27-24-15-10-9-14-23(24)19(4)6-2/h9-15,17,19,21,25H,5-8,16,18H2,1-4H3. The zero-order chi connectivity index (χ0) is 19.5. The van der Waals surface area contributed by atoms with Gasteiger partial charge in [-0.2, -0.15) is 0 Å². The van der Waals surface area contributed by atoms with Crippen molar-refractivity contribution in [1.82, 2.24) is 0 Å². The quantitative estimate of drug-likeness (QED) is 0.425. The maximum atomic E-state index is 6.36. The monoisotopic (exact) mass is 369 g/mol. The molecule has 0 radical (unpaired) electrons. The summed E-state index contributed by atoms with van der Waals surface area (Å²) < 4.78 is 12.2. The first-order valence-corrected chi connectivity index (χ1v) is 10.4. The molecule has 0 aliphatic heterocycles. The van der Waals surface area contributed by atoms with Gasteiger partial charge >= 0.3 is 0 Å². The second-order valence-electron chi connectivity index (χ2n) is 7.11. The van der Waals surface area contributed by atoms with Gasteiger partial charge < -0.3 is 14.8 Å². The van der Waals surface area contributed by atoms with Crippen LogP contribution in [0.4, 0.5) is 5.69 Å². The molecule has 0 bridgehead atoms.